The van der Waals surface area contributed by atoms with Gasteiger partial charge in [-0.2, -0.15) is 10.0 Å². The highest BCUT2D eigenvalue weighted by Gasteiger charge is 2.18. The van der Waals surface area contributed by atoms with Crippen LogP contribution in [0.4, 0.5) is 0 Å². The number of rotatable bonds is 1. The van der Waals surface area contributed by atoms with Crippen LogP contribution in [0.15, 0.2) is 0 Å². The van der Waals surface area contributed by atoms with E-state index in [-0.39, 0.29) is 6.04 Å². The van der Waals surface area contributed by atoms with E-state index in [0.717, 1.165) is 36.6 Å². The number of nitriles is 1. The minimum absolute atomic E-state index is 0.0726. The van der Waals surface area contributed by atoms with Crippen LogP contribution in [0.3, 0.4) is 0 Å². The third-order valence-electron chi connectivity index (χ3n) is 2.12. The molecule has 0 aromatic rings. The van der Waals surface area contributed by atoms with Crippen LogP contribution < -0.4 is 0 Å². The van der Waals surface area contributed by atoms with Crippen LogP contribution in [0.2, 0.25) is 0 Å². The van der Waals surface area contributed by atoms with Crippen molar-refractivity contribution in [3.63, 3.8) is 0 Å². The predicted octanol–water partition coefficient (Wildman–Crippen LogP) is 1.42. The van der Waals surface area contributed by atoms with Gasteiger partial charge >= 0.3 is 0 Å². The zero-order valence-corrected chi connectivity index (χ0v) is 6.49. The second kappa shape index (κ2) is 3.97. The molecule has 1 fully saturated rings. The van der Waals surface area contributed by atoms with Gasteiger partial charge in [0, 0.05) is 12.8 Å². The summed E-state index contributed by atoms with van der Waals surface area (Å²) in [6.45, 7) is 0. The number of hydrogen-bond acceptors (Lipinski definition) is 2. The highest BCUT2D eigenvalue weighted by atomic mass is 16.5. The van der Waals surface area contributed by atoms with Crippen LogP contribution >= 0.6 is 0 Å². The SMILES string of the molecule is N#C/C=[N+](/[O-])C1CCCCC1. The molecule has 0 N–H and O–H groups in total. The van der Waals surface area contributed by atoms with E-state index >= 15 is 0 Å². The lowest BCUT2D eigenvalue weighted by Gasteiger charge is -2.19. The maximum atomic E-state index is 11.0. The molecule has 0 spiro atoms. The summed E-state index contributed by atoms with van der Waals surface area (Å²) >= 11 is 0. The zero-order valence-electron chi connectivity index (χ0n) is 6.49. The molecule has 0 aromatic carbocycles. The average Bonchev–Trinajstić information content (AvgIpc) is 2.07. The maximum absolute atomic E-state index is 11.0. The molecule has 0 heterocycles. The van der Waals surface area contributed by atoms with E-state index in [1.54, 1.807) is 6.07 Å². The first-order valence-corrected chi connectivity index (χ1v) is 4.03. The topological polar surface area (TPSA) is 49.9 Å². The van der Waals surface area contributed by atoms with Crippen LogP contribution in [0.5, 0.6) is 0 Å². The fourth-order valence-electron chi connectivity index (χ4n) is 1.50. The van der Waals surface area contributed by atoms with Crippen molar-refractivity contribution in [3.05, 3.63) is 5.21 Å². The first-order valence-electron chi connectivity index (χ1n) is 4.03. The second-order valence-corrected chi connectivity index (χ2v) is 2.91. The molecule has 1 rings (SSSR count). The summed E-state index contributed by atoms with van der Waals surface area (Å²) in [5.74, 6) is 0. The van der Waals surface area contributed by atoms with Crippen molar-refractivity contribution in [2.24, 2.45) is 0 Å². The molecule has 0 bridgehead atoms. The van der Waals surface area contributed by atoms with Crippen molar-refractivity contribution in [3.8, 4) is 6.07 Å². The molecule has 11 heavy (non-hydrogen) atoms. The Balaban J connectivity index is 2.46. The summed E-state index contributed by atoms with van der Waals surface area (Å²) in [5, 5.41) is 19.3. The Kier molecular flexibility index (Phi) is 2.91. The second-order valence-electron chi connectivity index (χ2n) is 2.91. The Hall–Kier alpha value is -1.04. The molecule has 3 nitrogen and oxygen atoms in total. The van der Waals surface area contributed by atoms with Crippen LogP contribution in [0, 0.1) is 16.5 Å². The standard InChI is InChI=1S/C8H12N2O/c9-6-7-10(11)8-4-2-1-3-5-8/h7-8H,1-5H2/b10-7+. The Morgan fingerprint density at radius 2 is 2.00 bits per heavy atom. The summed E-state index contributed by atoms with van der Waals surface area (Å²) in [5.41, 5.74) is 0. The largest absolute Gasteiger partial charge is 0.623 e. The summed E-state index contributed by atoms with van der Waals surface area (Å²) in [6, 6.07) is 1.83. The summed E-state index contributed by atoms with van der Waals surface area (Å²) in [6.07, 6.45) is 6.45. The van der Waals surface area contributed by atoms with Crippen molar-refractivity contribution in [2.45, 2.75) is 38.1 Å². The monoisotopic (exact) mass is 152 g/mol. The van der Waals surface area contributed by atoms with Crippen molar-refractivity contribution in [2.75, 3.05) is 0 Å². The molecular weight excluding hydrogens is 140 g/mol. The van der Waals surface area contributed by atoms with Crippen molar-refractivity contribution in [1.29, 1.82) is 5.26 Å². The van der Waals surface area contributed by atoms with Gasteiger partial charge in [0.25, 0.3) is 6.21 Å². The molecule has 0 aliphatic heterocycles. The van der Waals surface area contributed by atoms with E-state index in [9.17, 15) is 5.21 Å². The van der Waals surface area contributed by atoms with Gasteiger partial charge < -0.3 is 5.21 Å². The normalized spacial score (nSPS) is 21.2. The molecule has 1 saturated carbocycles. The minimum atomic E-state index is 0.0726. The van der Waals surface area contributed by atoms with Gasteiger partial charge in [0.15, 0.2) is 12.1 Å². The van der Waals surface area contributed by atoms with Gasteiger partial charge in [-0.25, -0.2) is 0 Å². The number of nitrogens with zero attached hydrogens (tertiary/aromatic N) is 2. The smallest absolute Gasteiger partial charge is 0.252 e. The summed E-state index contributed by atoms with van der Waals surface area (Å²) < 4.78 is 0.805. The predicted molar refractivity (Wildman–Crippen MR) is 42.2 cm³/mol. The molecule has 0 amide bonds. The molecule has 1 aliphatic rings. The quantitative estimate of drug-likeness (QED) is 0.247. The van der Waals surface area contributed by atoms with Gasteiger partial charge in [-0.15, -0.1) is 0 Å². The molecule has 1 aliphatic carbocycles. The van der Waals surface area contributed by atoms with E-state index in [1.165, 1.54) is 6.42 Å². The molecule has 0 aromatic heterocycles. The Bertz CT molecular complexity index is 187. The Labute approximate surface area is 66.5 Å². The van der Waals surface area contributed by atoms with E-state index < -0.39 is 0 Å². The van der Waals surface area contributed by atoms with Gasteiger partial charge in [-0.3, -0.25) is 0 Å². The van der Waals surface area contributed by atoms with Gasteiger partial charge in [-0.1, -0.05) is 6.42 Å². The van der Waals surface area contributed by atoms with Crippen LogP contribution in [0.25, 0.3) is 0 Å². The van der Waals surface area contributed by atoms with Crippen LogP contribution in [0.1, 0.15) is 32.1 Å². The molecule has 3 heteroatoms. The minimum Gasteiger partial charge on any atom is -0.623 e. The fraction of sp³-hybridized carbons (Fsp3) is 0.750. The lowest BCUT2D eigenvalue weighted by atomic mass is 9.96. The number of hydrogen-bond donors (Lipinski definition) is 0. The van der Waals surface area contributed by atoms with Crippen LogP contribution in [-0.4, -0.2) is 17.0 Å². The highest BCUT2D eigenvalue weighted by molar-refractivity contribution is 5.70. The van der Waals surface area contributed by atoms with Gasteiger partial charge in [0.05, 0.1) is 0 Å². The third kappa shape index (κ3) is 2.23. The third-order valence-corrected chi connectivity index (χ3v) is 2.12. The Morgan fingerprint density at radius 1 is 1.36 bits per heavy atom. The summed E-state index contributed by atoms with van der Waals surface area (Å²) in [7, 11) is 0. The van der Waals surface area contributed by atoms with Crippen molar-refractivity contribution >= 4 is 6.21 Å². The molecule has 60 valence electrons. The van der Waals surface area contributed by atoms with E-state index in [4.69, 9.17) is 5.26 Å². The van der Waals surface area contributed by atoms with Gasteiger partial charge in [0.1, 0.15) is 0 Å². The van der Waals surface area contributed by atoms with Crippen LogP contribution in [-0.2, 0) is 0 Å². The van der Waals surface area contributed by atoms with Crippen molar-refractivity contribution in [1.82, 2.24) is 0 Å². The highest BCUT2D eigenvalue weighted by Crippen LogP contribution is 2.19. The molecular formula is C8H12N2O. The average molecular weight is 152 g/mol. The van der Waals surface area contributed by atoms with Gasteiger partial charge in [-0.05, 0) is 12.8 Å². The van der Waals surface area contributed by atoms with E-state index in [0.29, 0.717) is 0 Å². The van der Waals surface area contributed by atoms with E-state index in [1.807, 2.05) is 0 Å². The van der Waals surface area contributed by atoms with Gasteiger partial charge in [0.2, 0.25) is 0 Å². The first-order chi connectivity index (χ1) is 5.34. The number of hydroxylamine groups is 1. The fourth-order valence-corrected chi connectivity index (χ4v) is 1.50. The molecule has 0 radical (unpaired) electrons. The maximum Gasteiger partial charge on any atom is 0.252 e. The first kappa shape index (κ1) is 8.06. The Morgan fingerprint density at radius 3 is 2.55 bits per heavy atom. The molecule has 0 saturated heterocycles. The van der Waals surface area contributed by atoms with E-state index in [2.05, 4.69) is 0 Å². The lowest BCUT2D eigenvalue weighted by Crippen LogP contribution is -2.24. The zero-order chi connectivity index (χ0) is 8.10. The lowest BCUT2D eigenvalue weighted by molar-refractivity contribution is -0.500. The molecule has 0 unspecified atom stereocenters. The molecule has 0 atom stereocenters. The van der Waals surface area contributed by atoms with Crippen molar-refractivity contribution < 1.29 is 4.74 Å². The summed E-state index contributed by atoms with van der Waals surface area (Å²) in [4.78, 5) is 0.